The molecule has 1 saturated carbocycles. The minimum atomic E-state index is -0.681. The number of halogens is 1. The summed E-state index contributed by atoms with van der Waals surface area (Å²) in [6, 6.07) is 10.6. The molecule has 6 rings (SSSR count). The van der Waals surface area contributed by atoms with Gasteiger partial charge in [0.1, 0.15) is 11.6 Å². The van der Waals surface area contributed by atoms with Crippen molar-refractivity contribution in [1.29, 1.82) is 0 Å². The van der Waals surface area contributed by atoms with Crippen LogP contribution in [0.1, 0.15) is 74.8 Å². The molecule has 39 heavy (non-hydrogen) atoms. The number of nitrogens with zero attached hydrogens (tertiary/aromatic N) is 4. The summed E-state index contributed by atoms with van der Waals surface area (Å²) in [7, 11) is 1.42. The smallest absolute Gasteiger partial charge is 0.227 e. The van der Waals surface area contributed by atoms with Gasteiger partial charge in [0.15, 0.2) is 11.6 Å². The van der Waals surface area contributed by atoms with Crippen molar-refractivity contribution in [3.8, 4) is 16.9 Å². The summed E-state index contributed by atoms with van der Waals surface area (Å²) in [5, 5.41) is 14.7. The summed E-state index contributed by atoms with van der Waals surface area (Å²) in [6.45, 7) is 5.71. The highest BCUT2D eigenvalue weighted by Gasteiger charge is 2.39. The summed E-state index contributed by atoms with van der Waals surface area (Å²) < 4.78 is 27.4. The molecule has 1 aliphatic carbocycles. The molecule has 0 radical (unpaired) electrons. The highest BCUT2D eigenvalue weighted by Crippen LogP contribution is 2.44. The molecule has 4 aromatic rings. The molecule has 1 amide bonds. The Balaban J connectivity index is 1.49. The van der Waals surface area contributed by atoms with Crippen LogP contribution < -0.4 is 9.64 Å². The van der Waals surface area contributed by atoms with Crippen LogP contribution in [-0.2, 0) is 4.79 Å². The molecule has 0 unspecified atom stereocenters. The molecular weight excluding hydrogens is 499 g/mol. The fourth-order valence-electron chi connectivity index (χ4n) is 6.33. The predicted molar refractivity (Wildman–Crippen MR) is 145 cm³/mol. The number of carbonyl (C=O) groups is 1. The van der Waals surface area contributed by atoms with Crippen molar-refractivity contribution >= 4 is 22.6 Å². The largest absolute Gasteiger partial charge is 0.494 e. The van der Waals surface area contributed by atoms with E-state index in [-0.39, 0.29) is 23.7 Å². The van der Waals surface area contributed by atoms with Crippen molar-refractivity contribution in [2.45, 2.75) is 77.0 Å². The van der Waals surface area contributed by atoms with Gasteiger partial charge in [-0.15, -0.1) is 0 Å². The second-order valence-electron chi connectivity index (χ2n) is 11.1. The van der Waals surface area contributed by atoms with E-state index in [9.17, 15) is 14.3 Å². The van der Waals surface area contributed by atoms with Crippen LogP contribution in [0.15, 0.2) is 40.9 Å². The number of hydrogen-bond acceptors (Lipinski definition) is 6. The summed E-state index contributed by atoms with van der Waals surface area (Å²) in [5.41, 5.74) is 4.34. The fourth-order valence-corrected chi connectivity index (χ4v) is 6.33. The highest BCUT2D eigenvalue weighted by atomic mass is 19.1. The molecular formula is C30H33FN4O4. The number of hydrogen-bond donors (Lipinski definition) is 1. The van der Waals surface area contributed by atoms with E-state index in [0.29, 0.717) is 31.4 Å². The van der Waals surface area contributed by atoms with Gasteiger partial charge in [-0.2, -0.15) is 0 Å². The molecule has 1 aliphatic heterocycles. The standard InChI is InChI=1S/C30H33FN4O4/c1-17-28(18(2)39-33-17)19-5-7-24-23(15-19)32-29(35(24)20-11-13-30(3,37)14-12-20)25-8-10-27(36)34(25)21-6-9-26(38-4)22(31)16-21/h5-7,9,15-16,20,25,37H,8,10-14H2,1-4H3/t20?,25-,30?/m0/s1. The zero-order valence-electron chi connectivity index (χ0n) is 22.7. The van der Waals surface area contributed by atoms with Crippen molar-refractivity contribution in [1.82, 2.24) is 14.7 Å². The highest BCUT2D eigenvalue weighted by molar-refractivity contribution is 5.96. The van der Waals surface area contributed by atoms with E-state index in [2.05, 4.69) is 27.9 Å². The topological polar surface area (TPSA) is 93.6 Å². The van der Waals surface area contributed by atoms with Gasteiger partial charge in [0, 0.05) is 29.8 Å². The molecule has 2 fully saturated rings. The Morgan fingerprint density at radius 3 is 2.56 bits per heavy atom. The third-order valence-electron chi connectivity index (χ3n) is 8.36. The number of amides is 1. The van der Waals surface area contributed by atoms with Gasteiger partial charge >= 0.3 is 0 Å². The first-order chi connectivity index (χ1) is 18.7. The molecule has 0 bridgehead atoms. The number of carbonyl (C=O) groups excluding carboxylic acids is 1. The van der Waals surface area contributed by atoms with Crippen molar-refractivity contribution in [3.63, 3.8) is 0 Å². The Labute approximate surface area is 226 Å². The maximum atomic E-state index is 14.7. The van der Waals surface area contributed by atoms with E-state index < -0.39 is 11.4 Å². The van der Waals surface area contributed by atoms with Gasteiger partial charge in [-0.3, -0.25) is 4.79 Å². The second-order valence-corrected chi connectivity index (χ2v) is 11.1. The van der Waals surface area contributed by atoms with Crippen LogP contribution >= 0.6 is 0 Å². The van der Waals surface area contributed by atoms with Crippen LogP contribution in [0, 0.1) is 19.7 Å². The van der Waals surface area contributed by atoms with Crippen molar-refractivity contribution in [2.24, 2.45) is 0 Å². The number of fused-ring (bicyclic) bond motifs is 1. The fraction of sp³-hybridized carbons (Fsp3) is 0.433. The lowest BCUT2D eigenvalue weighted by molar-refractivity contribution is -0.117. The van der Waals surface area contributed by atoms with Gasteiger partial charge in [-0.05, 0) is 82.7 Å². The van der Waals surface area contributed by atoms with E-state index in [1.807, 2.05) is 20.8 Å². The van der Waals surface area contributed by atoms with Crippen molar-refractivity contribution < 1.29 is 23.6 Å². The predicted octanol–water partition coefficient (Wildman–Crippen LogP) is 6.19. The Hall–Kier alpha value is -3.72. The summed E-state index contributed by atoms with van der Waals surface area (Å²) in [6.07, 6.45) is 3.90. The molecule has 1 atom stereocenters. The first-order valence-electron chi connectivity index (χ1n) is 13.5. The van der Waals surface area contributed by atoms with Crippen LogP contribution in [0.2, 0.25) is 0 Å². The normalized spacial score (nSPS) is 23.6. The number of aryl methyl sites for hydroxylation is 2. The average molecular weight is 533 g/mol. The zero-order chi connectivity index (χ0) is 27.5. The van der Waals surface area contributed by atoms with E-state index in [1.54, 1.807) is 17.0 Å². The molecule has 8 nitrogen and oxygen atoms in total. The summed E-state index contributed by atoms with van der Waals surface area (Å²) >= 11 is 0. The number of ether oxygens (including phenoxy) is 1. The minimum absolute atomic E-state index is 0.0637. The van der Waals surface area contributed by atoms with Gasteiger partial charge in [0.25, 0.3) is 0 Å². The molecule has 1 N–H and O–H groups in total. The second kappa shape index (κ2) is 9.48. The number of imidazole rings is 1. The molecule has 2 aromatic carbocycles. The summed E-state index contributed by atoms with van der Waals surface area (Å²) in [5.74, 6) is 1.09. The maximum absolute atomic E-state index is 14.7. The Morgan fingerprint density at radius 1 is 1.13 bits per heavy atom. The van der Waals surface area contributed by atoms with Gasteiger partial charge in [0.2, 0.25) is 5.91 Å². The number of aliphatic hydroxyl groups is 1. The lowest BCUT2D eigenvalue weighted by atomic mass is 9.83. The Bertz CT molecular complexity index is 1540. The lowest BCUT2D eigenvalue weighted by Crippen LogP contribution is -2.33. The quantitative estimate of drug-likeness (QED) is 0.329. The van der Waals surface area contributed by atoms with Gasteiger partial charge in [0.05, 0.1) is 35.5 Å². The van der Waals surface area contributed by atoms with Gasteiger partial charge < -0.3 is 23.8 Å². The van der Waals surface area contributed by atoms with E-state index >= 15 is 0 Å². The first-order valence-corrected chi connectivity index (χ1v) is 13.5. The van der Waals surface area contributed by atoms with E-state index in [4.69, 9.17) is 14.2 Å². The van der Waals surface area contributed by atoms with Crippen LogP contribution in [0.3, 0.4) is 0 Å². The molecule has 204 valence electrons. The van der Waals surface area contributed by atoms with Crippen molar-refractivity contribution in [3.05, 3.63) is 59.5 Å². The average Bonchev–Trinajstić information content (AvgIpc) is 3.57. The van der Waals surface area contributed by atoms with Gasteiger partial charge in [-0.25, -0.2) is 9.37 Å². The minimum Gasteiger partial charge on any atom is -0.494 e. The Morgan fingerprint density at radius 2 is 1.90 bits per heavy atom. The van der Waals surface area contributed by atoms with Crippen LogP contribution in [0.4, 0.5) is 10.1 Å². The SMILES string of the molecule is COc1ccc(N2C(=O)CC[C@H]2c2nc3cc(-c4c(C)noc4C)ccc3n2C2CCC(C)(O)CC2)cc1F. The van der Waals surface area contributed by atoms with E-state index in [1.165, 1.54) is 13.2 Å². The zero-order valence-corrected chi connectivity index (χ0v) is 22.7. The molecule has 9 heteroatoms. The molecule has 2 aromatic heterocycles. The molecule has 3 heterocycles. The lowest BCUT2D eigenvalue weighted by Gasteiger charge is -2.35. The third kappa shape index (κ3) is 4.38. The molecule has 1 saturated heterocycles. The molecule has 2 aliphatic rings. The molecule has 0 spiro atoms. The van der Waals surface area contributed by atoms with Gasteiger partial charge in [-0.1, -0.05) is 11.2 Å². The van der Waals surface area contributed by atoms with Crippen LogP contribution in [-0.4, -0.2) is 38.4 Å². The summed E-state index contributed by atoms with van der Waals surface area (Å²) in [4.78, 5) is 20.0. The Kier molecular flexibility index (Phi) is 6.21. The third-order valence-corrected chi connectivity index (χ3v) is 8.36. The number of anilines is 1. The number of benzene rings is 2. The maximum Gasteiger partial charge on any atom is 0.227 e. The van der Waals surface area contributed by atoms with Crippen molar-refractivity contribution in [2.75, 3.05) is 12.0 Å². The number of rotatable bonds is 5. The van der Waals surface area contributed by atoms with Crippen LogP contribution in [0.5, 0.6) is 5.75 Å². The van der Waals surface area contributed by atoms with Crippen LogP contribution in [0.25, 0.3) is 22.2 Å². The first kappa shape index (κ1) is 25.6. The number of methoxy groups -OCH3 is 1. The monoisotopic (exact) mass is 532 g/mol. The number of aromatic nitrogens is 3. The van der Waals surface area contributed by atoms with E-state index in [0.717, 1.165) is 52.3 Å².